The number of azide groups is 1. The first-order chi connectivity index (χ1) is 7.31. The van der Waals surface area contributed by atoms with Crippen molar-refractivity contribution in [3.8, 4) is 0 Å². The van der Waals surface area contributed by atoms with Crippen LogP contribution in [0.25, 0.3) is 10.4 Å². The van der Waals surface area contributed by atoms with E-state index in [1.165, 1.54) is 19.0 Å². The fraction of sp³-hybridized carbons (Fsp3) is 0.818. The van der Waals surface area contributed by atoms with Gasteiger partial charge < -0.3 is 5.11 Å². The van der Waals surface area contributed by atoms with Gasteiger partial charge in [-0.05, 0) is 37.4 Å². The van der Waals surface area contributed by atoms with Gasteiger partial charge in [0.1, 0.15) is 0 Å². The van der Waals surface area contributed by atoms with Crippen molar-refractivity contribution < 1.29 is 5.11 Å². The summed E-state index contributed by atoms with van der Waals surface area (Å²) < 4.78 is 0. The molecule has 0 aromatic rings. The summed E-state index contributed by atoms with van der Waals surface area (Å²) in [5.41, 5.74) is 8.00. The first kappa shape index (κ1) is 14.0. The van der Waals surface area contributed by atoms with Crippen LogP contribution in [0.1, 0.15) is 51.9 Å². The highest BCUT2D eigenvalue weighted by molar-refractivity contribution is 4.79. The molecule has 0 aromatic carbocycles. The molecule has 0 heterocycles. The van der Waals surface area contributed by atoms with E-state index in [0.29, 0.717) is 0 Å². The number of hydrogen-bond donors (Lipinski definition) is 1. The highest BCUT2D eigenvalue weighted by Crippen LogP contribution is 2.09. The van der Waals surface area contributed by atoms with Crippen LogP contribution < -0.4 is 0 Å². The van der Waals surface area contributed by atoms with Crippen LogP contribution in [0, 0.1) is 0 Å². The third-order valence-electron chi connectivity index (χ3n) is 2.27. The molecule has 0 fully saturated rings. The molecule has 15 heavy (non-hydrogen) atoms. The zero-order chi connectivity index (χ0) is 11.4. The van der Waals surface area contributed by atoms with E-state index in [4.69, 9.17) is 5.53 Å². The van der Waals surface area contributed by atoms with Gasteiger partial charge in [0.25, 0.3) is 0 Å². The van der Waals surface area contributed by atoms with Gasteiger partial charge in [-0.2, -0.15) is 0 Å². The van der Waals surface area contributed by atoms with Crippen LogP contribution in [0.5, 0.6) is 0 Å². The fourth-order valence-corrected chi connectivity index (χ4v) is 1.40. The third kappa shape index (κ3) is 10.9. The molecule has 1 unspecified atom stereocenters. The monoisotopic (exact) mass is 211 g/mol. The van der Waals surface area contributed by atoms with Crippen molar-refractivity contribution in [3.05, 3.63) is 22.7 Å². The summed E-state index contributed by atoms with van der Waals surface area (Å²) in [5, 5.41) is 12.9. The van der Waals surface area contributed by atoms with Crippen molar-refractivity contribution in [2.45, 2.75) is 58.0 Å². The lowest BCUT2D eigenvalue weighted by Gasteiger charge is -2.08. The van der Waals surface area contributed by atoms with Gasteiger partial charge in [0.15, 0.2) is 0 Å². The largest absolute Gasteiger partial charge is 0.393 e. The molecule has 0 radical (unpaired) electrons. The molecule has 0 bridgehead atoms. The Kier molecular flexibility index (Phi) is 10.4. The number of allylic oxidation sites excluding steroid dienone is 1. The molecule has 1 N–H and O–H groups in total. The maximum absolute atomic E-state index is 9.57. The number of rotatable bonds is 9. The number of aliphatic hydroxyl groups excluding tert-OH is 1. The Labute approximate surface area is 91.6 Å². The minimum atomic E-state index is -0.163. The molecule has 0 aromatic heterocycles. The molecule has 0 aliphatic carbocycles. The Balaban J connectivity index is 3.30. The van der Waals surface area contributed by atoms with Crippen molar-refractivity contribution >= 4 is 0 Å². The molecule has 0 aliphatic rings. The van der Waals surface area contributed by atoms with Crippen LogP contribution in [-0.2, 0) is 0 Å². The first-order valence-corrected chi connectivity index (χ1v) is 5.68. The molecule has 0 saturated heterocycles. The summed E-state index contributed by atoms with van der Waals surface area (Å²) in [6, 6.07) is 0. The van der Waals surface area contributed by atoms with E-state index >= 15 is 0 Å². The van der Waals surface area contributed by atoms with Crippen molar-refractivity contribution in [1.82, 2.24) is 0 Å². The number of unbranched alkanes of at least 4 members (excludes halogenated alkanes) is 3. The summed E-state index contributed by atoms with van der Waals surface area (Å²) in [6.07, 6.45) is 10.2. The van der Waals surface area contributed by atoms with Crippen LogP contribution in [0.15, 0.2) is 17.4 Å². The number of nitrogens with zero attached hydrogens (tertiary/aromatic N) is 3. The van der Waals surface area contributed by atoms with Gasteiger partial charge in [-0.3, -0.25) is 0 Å². The molecule has 0 amide bonds. The normalized spacial score (nSPS) is 12.7. The zero-order valence-corrected chi connectivity index (χ0v) is 9.47. The van der Waals surface area contributed by atoms with E-state index in [2.05, 4.69) is 16.9 Å². The lowest BCUT2D eigenvalue weighted by molar-refractivity contribution is 0.149. The molecule has 0 spiro atoms. The van der Waals surface area contributed by atoms with Crippen LogP contribution in [-0.4, -0.2) is 11.2 Å². The first-order valence-electron chi connectivity index (χ1n) is 5.68. The molecule has 4 heteroatoms. The standard InChI is InChI=1S/C11H21N3O/c1-2-3-5-8-11(15)9-6-4-7-10-13-14-12/h7,10-11,15H,2-6,8-9H2,1H3/b10-7+. The van der Waals surface area contributed by atoms with E-state index in [1.807, 2.05) is 6.08 Å². The smallest absolute Gasteiger partial charge is 0.0540 e. The third-order valence-corrected chi connectivity index (χ3v) is 2.27. The number of aliphatic hydroxyl groups is 1. The lowest BCUT2D eigenvalue weighted by Crippen LogP contribution is -2.05. The molecule has 0 aliphatic heterocycles. The molecular formula is C11H21N3O. The molecule has 0 saturated carbocycles. The Hall–Kier alpha value is -0.990. The number of hydrogen-bond acceptors (Lipinski definition) is 2. The van der Waals surface area contributed by atoms with Gasteiger partial charge in [-0.25, -0.2) is 0 Å². The van der Waals surface area contributed by atoms with Crippen molar-refractivity contribution in [2.24, 2.45) is 5.11 Å². The quantitative estimate of drug-likeness (QED) is 0.267. The molecular weight excluding hydrogens is 190 g/mol. The van der Waals surface area contributed by atoms with E-state index in [9.17, 15) is 5.11 Å². The van der Waals surface area contributed by atoms with Gasteiger partial charge in [0, 0.05) is 4.91 Å². The maximum Gasteiger partial charge on any atom is 0.0540 e. The predicted molar refractivity (Wildman–Crippen MR) is 62.3 cm³/mol. The average molecular weight is 211 g/mol. The van der Waals surface area contributed by atoms with Gasteiger partial charge in [-0.15, -0.1) is 0 Å². The minimum Gasteiger partial charge on any atom is -0.393 e. The van der Waals surface area contributed by atoms with Crippen LogP contribution in [0.3, 0.4) is 0 Å². The van der Waals surface area contributed by atoms with Gasteiger partial charge in [-0.1, -0.05) is 37.4 Å². The van der Waals surface area contributed by atoms with Crippen LogP contribution in [0.4, 0.5) is 0 Å². The minimum absolute atomic E-state index is 0.163. The van der Waals surface area contributed by atoms with Crippen molar-refractivity contribution in [3.63, 3.8) is 0 Å². The summed E-state index contributed by atoms with van der Waals surface area (Å²) in [7, 11) is 0. The summed E-state index contributed by atoms with van der Waals surface area (Å²) in [4.78, 5) is 2.61. The second-order valence-corrected chi connectivity index (χ2v) is 3.67. The van der Waals surface area contributed by atoms with E-state index < -0.39 is 0 Å². The Morgan fingerprint density at radius 1 is 1.33 bits per heavy atom. The zero-order valence-electron chi connectivity index (χ0n) is 9.47. The second-order valence-electron chi connectivity index (χ2n) is 3.67. The van der Waals surface area contributed by atoms with Crippen LogP contribution >= 0.6 is 0 Å². The average Bonchev–Trinajstić information content (AvgIpc) is 2.23. The summed E-state index contributed by atoms with van der Waals surface area (Å²) in [6.45, 7) is 2.16. The SMILES string of the molecule is CCCCCC(O)CCC/C=C/N=[N+]=[N-]. The lowest BCUT2D eigenvalue weighted by atomic mass is 10.1. The predicted octanol–water partition coefficient (Wildman–Crippen LogP) is 3.92. The molecule has 1 atom stereocenters. The Bertz CT molecular complexity index is 210. The summed E-state index contributed by atoms with van der Waals surface area (Å²) in [5.74, 6) is 0. The van der Waals surface area contributed by atoms with Crippen LogP contribution in [0.2, 0.25) is 0 Å². The van der Waals surface area contributed by atoms with E-state index in [-0.39, 0.29) is 6.10 Å². The highest BCUT2D eigenvalue weighted by atomic mass is 16.3. The van der Waals surface area contributed by atoms with Crippen molar-refractivity contribution in [2.75, 3.05) is 0 Å². The maximum atomic E-state index is 9.57. The van der Waals surface area contributed by atoms with E-state index in [1.54, 1.807) is 0 Å². The Morgan fingerprint density at radius 3 is 2.73 bits per heavy atom. The molecule has 0 rings (SSSR count). The molecule has 86 valence electrons. The Morgan fingerprint density at radius 2 is 2.07 bits per heavy atom. The van der Waals surface area contributed by atoms with E-state index in [0.717, 1.165) is 32.1 Å². The molecule has 4 nitrogen and oxygen atoms in total. The van der Waals surface area contributed by atoms with Gasteiger partial charge >= 0.3 is 0 Å². The second kappa shape index (κ2) is 11.1. The topological polar surface area (TPSA) is 69.0 Å². The van der Waals surface area contributed by atoms with Crippen molar-refractivity contribution in [1.29, 1.82) is 0 Å². The highest BCUT2D eigenvalue weighted by Gasteiger charge is 2.01. The van der Waals surface area contributed by atoms with Gasteiger partial charge in [0.05, 0.1) is 6.10 Å². The fourth-order valence-electron chi connectivity index (χ4n) is 1.40. The van der Waals surface area contributed by atoms with Gasteiger partial charge in [0.2, 0.25) is 0 Å². The summed E-state index contributed by atoms with van der Waals surface area (Å²) >= 11 is 0.